The van der Waals surface area contributed by atoms with Gasteiger partial charge in [0.05, 0.1) is 23.0 Å². The molecular formula is C13H24ClN3O. The van der Waals surface area contributed by atoms with Crippen LogP contribution in [0.5, 0.6) is 0 Å². The highest BCUT2D eigenvalue weighted by Gasteiger charge is 2.25. The fraction of sp³-hybridized carbons (Fsp3) is 0.769. The molecule has 0 spiro atoms. The Bertz CT molecular complexity index is 378. The first-order chi connectivity index (χ1) is 8.53. The maximum Gasteiger partial charge on any atom is 0.0863 e. The van der Waals surface area contributed by atoms with E-state index in [0.29, 0.717) is 6.54 Å². The van der Waals surface area contributed by atoms with Gasteiger partial charge in [-0.1, -0.05) is 32.4 Å². The van der Waals surface area contributed by atoms with Crippen LogP contribution in [0.25, 0.3) is 0 Å². The van der Waals surface area contributed by atoms with Crippen molar-refractivity contribution < 1.29 is 5.11 Å². The molecule has 0 amide bonds. The van der Waals surface area contributed by atoms with Gasteiger partial charge in [-0.05, 0) is 19.3 Å². The summed E-state index contributed by atoms with van der Waals surface area (Å²) in [4.78, 5) is 0. The summed E-state index contributed by atoms with van der Waals surface area (Å²) in [7, 11) is 1.90. The van der Waals surface area contributed by atoms with Gasteiger partial charge in [0, 0.05) is 19.1 Å². The fourth-order valence-electron chi connectivity index (χ4n) is 2.06. The first-order valence-corrected chi connectivity index (χ1v) is 6.97. The Labute approximate surface area is 114 Å². The number of nitrogens with one attached hydrogen (secondary N) is 1. The van der Waals surface area contributed by atoms with E-state index in [1.807, 2.05) is 18.7 Å². The predicted molar refractivity (Wildman–Crippen MR) is 74.8 cm³/mol. The maximum absolute atomic E-state index is 9.53. The molecule has 1 heterocycles. The first kappa shape index (κ1) is 15.5. The maximum atomic E-state index is 9.53. The molecule has 0 saturated heterocycles. The van der Waals surface area contributed by atoms with Crippen LogP contribution in [0, 0.1) is 0 Å². The lowest BCUT2D eigenvalue weighted by molar-refractivity contribution is 0.148. The van der Waals surface area contributed by atoms with Crippen molar-refractivity contribution in [3.63, 3.8) is 0 Å². The molecule has 4 nitrogen and oxygen atoms in total. The highest BCUT2D eigenvalue weighted by molar-refractivity contribution is 6.31. The average molecular weight is 274 g/mol. The third-order valence-electron chi connectivity index (χ3n) is 3.79. The molecule has 0 fully saturated rings. The van der Waals surface area contributed by atoms with Crippen molar-refractivity contribution in [1.29, 1.82) is 0 Å². The largest absolute Gasteiger partial charge is 0.394 e. The Morgan fingerprint density at radius 3 is 2.33 bits per heavy atom. The van der Waals surface area contributed by atoms with Gasteiger partial charge in [0.2, 0.25) is 0 Å². The number of nitrogens with zero attached hydrogens (tertiary/aromatic N) is 2. The number of aryl methyl sites for hydroxylation is 2. The lowest BCUT2D eigenvalue weighted by Crippen LogP contribution is -2.47. The van der Waals surface area contributed by atoms with Crippen molar-refractivity contribution >= 4 is 11.6 Å². The second-order valence-electron chi connectivity index (χ2n) is 4.68. The molecule has 0 saturated carbocycles. The average Bonchev–Trinajstić information content (AvgIpc) is 2.67. The number of aliphatic hydroxyl groups excluding tert-OH is 1. The van der Waals surface area contributed by atoms with Gasteiger partial charge >= 0.3 is 0 Å². The molecular weight excluding hydrogens is 250 g/mol. The van der Waals surface area contributed by atoms with Crippen molar-refractivity contribution in [2.24, 2.45) is 7.05 Å². The van der Waals surface area contributed by atoms with Crippen LogP contribution in [0.15, 0.2) is 0 Å². The van der Waals surface area contributed by atoms with Gasteiger partial charge in [-0.25, -0.2) is 0 Å². The van der Waals surface area contributed by atoms with Crippen LogP contribution >= 0.6 is 11.6 Å². The van der Waals surface area contributed by atoms with Gasteiger partial charge in [0.25, 0.3) is 0 Å². The number of aliphatic hydroxyl groups is 1. The number of hydrogen-bond acceptors (Lipinski definition) is 3. The van der Waals surface area contributed by atoms with Gasteiger partial charge in [0.15, 0.2) is 0 Å². The third-order valence-corrected chi connectivity index (χ3v) is 4.23. The minimum atomic E-state index is -0.222. The predicted octanol–water partition coefficient (Wildman–Crippen LogP) is 2.28. The normalized spacial score (nSPS) is 12.1. The summed E-state index contributed by atoms with van der Waals surface area (Å²) in [5.74, 6) is 0. The Morgan fingerprint density at radius 1 is 1.33 bits per heavy atom. The van der Waals surface area contributed by atoms with E-state index < -0.39 is 0 Å². The Morgan fingerprint density at radius 2 is 1.94 bits per heavy atom. The van der Waals surface area contributed by atoms with Gasteiger partial charge < -0.3 is 10.4 Å². The number of aromatic nitrogens is 2. The van der Waals surface area contributed by atoms with Crippen LogP contribution in [-0.2, 0) is 20.0 Å². The summed E-state index contributed by atoms with van der Waals surface area (Å²) in [5, 5.41) is 18.1. The van der Waals surface area contributed by atoms with Crippen molar-refractivity contribution in [1.82, 2.24) is 15.1 Å². The molecule has 0 aromatic carbocycles. The lowest BCUT2D eigenvalue weighted by atomic mass is 9.94. The third kappa shape index (κ3) is 3.05. The van der Waals surface area contributed by atoms with Gasteiger partial charge in [-0.3, -0.25) is 4.68 Å². The Balaban J connectivity index is 2.82. The molecule has 2 N–H and O–H groups in total. The quantitative estimate of drug-likeness (QED) is 0.801. The second kappa shape index (κ2) is 6.55. The minimum absolute atomic E-state index is 0.135. The van der Waals surface area contributed by atoms with Crippen LogP contribution in [-0.4, -0.2) is 27.0 Å². The molecule has 0 aliphatic rings. The summed E-state index contributed by atoms with van der Waals surface area (Å²) in [6, 6.07) is 0. The van der Waals surface area contributed by atoms with Gasteiger partial charge in [0.1, 0.15) is 0 Å². The van der Waals surface area contributed by atoms with E-state index >= 15 is 0 Å². The van der Waals surface area contributed by atoms with E-state index in [9.17, 15) is 5.11 Å². The van der Waals surface area contributed by atoms with E-state index in [0.717, 1.165) is 35.7 Å². The minimum Gasteiger partial charge on any atom is -0.394 e. The fourth-order valence-corrected chi connectivity index (χ4v) is 2.42. The van der Waals surface area contributed by atoms with Gasteiger partial charge in [-0.2, -0.15) is 5.10 Å². The molecule has 1 rings (SSSR count). The summed E-state index contributed by atoms with van der Waals surface area (Å²) in [5.41, 5.74) is 1.69. The van der Waals surface area contributed by atoms with E-state index in [2.05, 4.69) is 24.3 Å². The van der Waals surface area contributed by atoms with E-state index in [4.69, 9.17) is 11.6 Å². The molecule has 0 aliphatic carbocycles. The number of rotatable bonds is 7. The molecule has 1 aromatic heterocycles. The molecule has 5 heteroatoms. The van der Waals surface area contributed by atoms with Crippen LogP contribution in [0.2, 0.25) is 5.02 Å². The van der Waals surface area contributed by atoms with Crippen molar-refractivity contribution in [2.75, 3.05) is 6.61 Å². The van der Waals surface area contributed by atoms with Crippen LogP contribution < -0.4 is 5.32 Å². The highest BCUT2D eigenvalue weighted by atomic mass is 35.5. The zero-order chi connectivity index (χ0) is 13.8. The molecule has 0 atom stereocenters. The van der Waals surface area contributed by atoms with Crippen molar-refractivity contribution in [2.45, 2.75) is 52.1 Å². The van der Waals surface area contributed by atoms with E-state index in [1.54, 1.807) is 0 Å². The number of hydrogen-bond donors (Lipinski definition) is 2. The van der Waals surface area contributed by atoms with Crippen LogP contribution in [0.4, 0.5) is 0 Å². The molecule has 0 unspecified atom stereocenters. The smallest absolute Gasteiger partial charge is 0.0863 e. The zero-order valence-electron chi connectivity index (χ0n) is 11.8. The molecule has 0 bridgehead atoms. The summed E-state index contributed by atoms with van der Waals surface area (Å²) < 4.78 is 1.82. The van der Waals surface area contributed by atoms with E-state index in [-0.39, 0.29) is 12.1 Å². The zero-order valence-corrected chi connectivity index (χ0v) is 12.5. The van der Waals surface area contributed by atoms with Crippen molar-refractivity contribution in [3.8, 4) is 0 Å². The Kier molecular flexibility index (Phi) is 5.63. The standard InChI is InChI=1S/C13H24ClN3O/c1-5-10-12(14)11(17(4)16-10)8-15-13(6-2,7-3)9-18/h15,18H,5-9H2,1-4H3. The van der Waals surface area contributed by atoms with Crippen molar-refractivity contribution in [3.05, 3.63) is 16.4 Å². The molecule has 18 heavy (non-hydrogen) atoms. The SMILES string of the molecule is CCc1nn(C)c(CNC(CC)(CC)CO)c1Cl. The van der Waals surface area contributed by atoms with Gasteiger partial charge in [-0.15, -0.1) is 0 Å². The lowest BCUT2D eigenvalue weighted by Gasteiger charge is -2.31. The summed E-state index contributed by atoms with van der Waals surface area (Å²) >= 11 is 6.30. The molecule has 0 radical (unpaired) electrons. The topological polar surface area (TPSA) is 50.1 Å². The molecule has 1 aromatic rings. The van der Waals surface area contributed by atoms with E-state index in [1.165, 1.54) is 0 Å². The first-order valence-electron chi connectivity index (χ1n) is 6.59. The van der Waals surface area contributed by atoms with Crippen LogP contribution in [0.1, 0.15) is 45.0 Å². The highest BCUT2D eigenvalue weighted by Crippen LogP contribution is 2.22. The monoisotopic (exact) mass is 273 g/mol. The molecule has 0 aliphatic heterocycles. The number of halogens is 1. The molecule has 104 valence electrons. The summed E-state index contributed by atoms with van der Waals surface area (Å²) in [6.45, 7) is 6.96. The van der Waals surface area contributed by atoms with Crippen LogP contribution in [0.3, 0.4) is 0 Å². The Hall–Kier alpha value is -0.580. The summed E-state index contributed by atoms with van der Waals surface area (Å²) in [6.07, 6.45) is 2.60. The second-order valence-corrected chi connectivity index (χ2v) is 5.06.